The summed E-state index contributed by atoms with van der Waals surface area (Å²) in [4.78, 5) is 15.3. The molecule has 0 N–H and O–H groups in total. The van der Waals surface area contributed by atoms with Gasteiger partial charge in [0.25, 0.3) is 5.91 Å². The van der Waals surface area contributed by atoms with Gasteiger partial charge in [-0.1, -0.05) is 6.07 Å². The van der Waals surface area contributed by atoms with Crippen molar-refractivity contribution in [2.75, 3.05) is 6.54 Å². The summed E-state index contributed by atoms with van der Waals surface area (Å²) in [5.41, 5.74) is 7.13. The zero-order valence-corrected chi connectivity index (χ0v) is 15.5. The second kappa shape index (κ2) is 6.32. The number of rotatable bonds is 2. The zero-order valence-electron chi connectivity index (χ0n) is 15.5. The Bertz CT molecular complexity index is 821. The smallest absolute Gasteiger partial charge is 0.254 e. The van der Waals surface area contributed by atoms with E-state index in [4.69, 9.17) is 0 Å². The number of carbonyl (C=O) groups excluding carboxylic acids is 1. The summed E-state index contributed by atoms with van der Waals surface area (Å²) < 4.78 is 1.94. The Morgan fingerprint density at radius 1 is 1.12 bits per heavy atom. The van der Waals surface area contributed by atoms with Crippen LogP contribution >= 0.6 is 0 Å². The summed E-state index contributed by atoms with van der Waals surface area (Å²) in [5.74, 6) is 0.179. The lowest BCUT2D eigenvalue weighted by Crippen LogP contribution is -2.31. The van der Waals surface area contributed by atoms with Gasteiger partial charge in [-0.3, -0.25) is 9.48 Å². The van der Waals surface area contributed by atoms with Crippen molar-refractivity contribution in [3.63, 3.8) is 0 Å². The molecule has 1 amide bonds. The summed E-state index contributed by atoms with van der Waals surface area (Å²) in [6.45, 7) is 5.01. The monoisotopic (exact) mass is 337 g/mol. The summed E-state index contributed by atoms with van der Waals surface area (Å²) >= 11 is 0. The fourth-order valence-electron chi connectivity index (χ4n) is 4.61. The summed E-state index contributed by atoms with van der Waals surface area (Å²) in [6.07, 6.45) is 6.88. The minimum absolute atomic E-state index is 0.164. The van der Waals surface area contributed by atoms with Crippen LogP contribution in [-0.2, 0) is 19.9 Å². The normalized spacial score (nSPS) is 20.0. The van der Waals surface area contributed by atoms with E-state index in [0.717, 1.165) is 43.5 Å². The number of hydrogen-bond donors (Lipinski definition) is 0. The van der Waals surface area contributed by atoms with Gasteiger partial charge in [-0.05, 0) is 75.6 Å². The third-order valence-electron chi connectivity index (χ3n) is 6.01. The van der Waals surface area contributed by atoms with Crippen molar-refractivity contribution < 1.29 is 4.79 Å². The average Bonchev–Trinajstić information content (AvgIpc) is 3.18. The van der Waals surface area contributed by atoms with E-state index in [1.807, 2.05) is 17.8 Å². The number of aromatic nitrogens is 2. The van der Waals surface area contributed by atoms with Crippen molar-refractivity contribution >= 4 is 5.91 Å². The van der Waals surface area contributed by atoms with E-state index in [2.05, 4.69) is 36.0 Å². The lowest BCUT2D eigenvalue weighted by Gasteiger charge is -2.26. The van der Waals surface area contributed by atoms with Gasteiger partial charge in [-0.2, -0.15) is 5.10 Å². The maximum absolute atomic E-state index is 13.2. The highest BCUT2D eigenvalue weighted by atomic mass is 16.2. The number of hydrogen-bond acceptors (Lipinski definition) is 2. The van der Waals surface area contributed by atoms with Crippen molar-refractivity contribution in [1.29, 1.82) is 0 Å². The van der Waals surface area contributed by atoms with Gasteiger partial charge in [0.1, 0.15) is 0 Å². The maximum Gasteiger partial charge on any atom is 0.254 e. The number of carbonyl (C=O) groups is 1. The van der Waals surface area contributed by atoms with E-state index in [9.17, 15) is 4.79 Å². The predicted octanol–water partition coefficient (Wildman–Crippen LogP) is 3.89. The van der Waals surface area contributed by atoms with E-state index in [-0.39, 0.29) is 11.9 Å². The zero-order chi connectivity index (χ0) is 17.6. The van der Waals surface area contributed by atoms with Crippen LogP contribution in [0.25, 0.3) is 0 Å². The molecule has 0 unspecified atom stereocenters. The van der Waals surface area contributed by atoms with Crippen molar-refractivity contribution in [3.05, 3.63) is 51.8 Å². The van der Waals surface area contributed by atoms with Crippen LogP contribution < -0.4 is 0 Å². The van der Waals surface area contributed by atoms with Crippen LogP contribution in [0.1, 0.15) is 70.2 Å². The standard InChI is InChI=1S/C21H27N3O/c1-14-20(15(2)23(3)22-14)19-9-6-12-24(19)21(25)18-11-10-16-7-4-5-8-17(16)13-18/h10-11,13,19H,4-9,12H2,1-3H3/t19-/m0/s1. The Morgan fingerprint density at radius 2 is 1.88 bits per heavy atom. The molecule has 1 atom stereocenters. The Hall–Kier alpha value is -2.10. The molecule has 4 rings (SSSR count). The number of fused-ring (bicyclic) bond motifs is 1. The molecule has 1 fully saturated rings. The molecule has 0 bridgehead atoms. The second-order valence-corrected chi connectivity index (χ2v) is 7.56. The summed E-state index contributed by atoms with van der Waals surface area (Å²) in [6, 6.07) is 6.52. The minimum atomic E-state index is 0.164. The van der Waals surface area contributed by atoms with Gasteiger partial charge in [-0.25, -0.2) is 0 Å². The van der Waals surface area contributed by atoms with Gasteiger partial charge >= 0.3 is 0 Å². The van der Waals surface area contributed by atoms with Gasteiger partial charge in [0.2, 0.25) is 0 Å². The van der Waals surface area contributed by atoms with Crippen LogP contribution in [0.2, 0.25) is 0 Å². The van der Waals surface area contributed by atoms with Crippen molar-refractivity contribution in [2.24, 2.45) is 7.05 Å². The molecular weight excluding hydrogens is 310 g/mol. The van der Waals surface area contributed by atoms with Crippen molar-refractivity contribution in [3.8, 4) is 0 Å². The molecular formula is C21H27N3O. The van der Waals surface area contributed by atoms with Gasteiger partial charge in [-0.15, -0.1) is 0 Å². The largest absolute Gasteiger partial charge is 0.331 e. The topological polar surface area (TPSA) is 38.1 Å². The highest BCUT2D eigenvalue weighted by Crippen LogP contribution is 2.36. The van der Waals surface area contributed by atoms with Crippen LogP contribution in [-0.4, -0.2) is 27.1 Å². The van der Waals surface area contributed by atoms with E-state index >= 15 is 0 Å². The molecule has 25 heavy (non-hydrogen) atoms. The molecule has 1 aromatic carbocycles. The molecule has 2 aromatic rings. The molecule has 1 aromatic heterocycles. The number of amides is 1. The van der Waals surface area contributed by atoms with Crippen LogP contribution in [0.3, 0.4) is 0 Å². The highest BCUT2D eigenvalue weighted by molar-refractivity contribution is 5.95. The van der Waals surface area contributed by atoms with Gasteiger partial charge in [0.05, 0.1) is 11.7 Å². The summed E-state index contributed by atoms with van der Waals surface area (Å²) in [7, 11) is 1.98. The fraction of sp³-hybridized carbons (Fsp3) is 0.524. The molecule has 4 nitrogen and oxygen atoms in total. The highest BCUT2D eigenvalue weighted by Gasteiger charge is 2.34. The third kappa shape index (κ3) is 2.78. The molecule has 132 valence electrons. The van der Waals surface area contributed by atoms with E-state index < -0.39 is 0 Å². The quantitative estimate of drug-likeness (QED) is 0.834. The minimum Gasteiger partial charge on any atom is -0.331 e. The lowest BCUT2D eigenvalue weighted by molar-refractivity contribution is 0.0735. The second-order valence-electron chi connectivity index (χ2n) is 7.56. The average molecular weight is 337 g/mol. The lowest BCUT2D eigenvalue weighted by atomic mass is 9.90. The van der Waals surface area contributed by atoms with Crippen molar-refractivity contribution in [2.45, 2.75) is 58.4 Å². The predicted molar refractivity (Wildman–Crippen MR) is 98.8 cm³/mol. The first-order valence-electron chi connectivity index (χ1n) is 9.49. The van der Waals surface area contributed by atoms with E-state index in [0.29, 0.717) is 0 Å². The van der Waals surface area contributed by atoms with Crippen LogP contribution in [0.4, 0.5) is 0 Å². The Kier molecular flexibility index (Phi) is 4.14. The SMILES string of the molecule is Cc1nn(C)c(C)c1[C@@H]1CCCN1C(=O)c1ccc2c(c1)CCCC2. The maximum atomic E-state index is 13.2. The van der Waals surface area contributed by atoms with E-state index in [1.54, 1.807) is 0 Å². The fourth-order valence-corrected chi connectivity index (χ4v) is 4.61. The van der Waals surface area contributed by atoms with E-state index in [1.165, 1.54) is 35.2 Å². The molecule has 1 aliphatic heterocycles. The van der Waals surface area contributed by atoms with Crippen molar-refractivity contribution in [1.82, 2.24) is 14.7 Å². The molecule has 0 saturated carbocycles. The molecule has 2 aliphatic rings. The van der Waals surface area contributed by atoms with Gasteiger partial charge in [0.15, 0.2) is 0 Å². The van der Waals surface area contributed by atoms with Gasteiger partial charge < -0.3 is 4.90 Å². The van der Waals surface area contributed by atoms with Gasteiger partial charge in [0, 0.05) is 30.4 Å². The molecule has 0 spiro atoms. The number of nitrogens with zero attached hydrogens (tertiary/aromatic N) is 3. The van der Waals surface area contributed by atoms with Crippen LogP contribution in [0.5, 0.6) is 0 Å². The third-order valence-corrected chi connectivity index (χ3v) is 6.01. The van der Waals surface area contributed by atoms with Crippen LogP contribution in [0.15, 0.2) is 18.2 Å². The molecule has 4 heteroatoms. The Balaban J connectivity index is 1.65. The first kappa shape index (κ1) is 16.4. The Morgan fingerprint density at radius 3 is 2.60 bits per heavy atom. The molecule has 2 heterocycles. The molecule has 1 saturated heterocycles. The number of benzene rings is 1. The number of likely N-dealkylation sites (tertiary alicyclic amines) is 1. The molecule has 1 aliphatic carbocycles. The number of aryl methyl sites for hydroxylation is 4. The first-order valence-corrected chi connectivity index (χ1v) is 9.49. The summed E-state index contributed by atoms with van der Waals surface area (Å²) in [5, 5.41) is 4.56. The Labute approximate surface area is 149 Å². The van der Waals surface area contributed by atoms with Crippen LogP contribution in [0, 0.1) is 13.8 Å². The molecule has 0 radical (unpaired) electrons. The first-order chi connectivity index (χ1) is 12.1.